The van der Waals surface area contributed by atoms with Crippen LogP contribution in [0.4, 0.5) is 0 Å². The molecule has 3 aromatic rings. The van der Waals surface area contributed by atoms with Crippen molar-refractivity contribution in [2.45, 2.75) is 84.6 Å². The Kier molecular flexibility index (Phi) is 9.31. The third kappa shape index (κ3) is 6.93. The molecule has 2 saturated heterocycles. The summed E-state index contributed by atoms with van der Waals surface area (Å²) in [6, 6.07) is 11.5. The molecule has 0 radical (unpaired) electrons. The van der Waals surface area contributed by atoms with Crippen molar-refractivity contribution in [2.75, 3.05) is 32.7 Å². The van der Waals surface area contributed by atoms with Crippen molar-refractivity contribution in [1.29, 1.82) is 0 Å². The maximum atomic E-state index is 4.75. The molecule has 2 aromatic heterocycles. The van der Waals surface area contributed by atoms with Gasteiger partial charge >= 0.3 is 0 Å². The number of aryl methyl sites for hydroxylation is 1. The number of nitrogens with one attached hydrogen (secondary N) is 1. The van der Waals surface area contributed by atoms with E-state index in [1.807, 2.05) is 18.6 Å². The lowest BCUT2D eigenvalue weighted by molar-refractivity contribution is 0.0728. The van der Waals surface area contributed by atoms with Gasteiger partial charge in [-0.2, -0.15) is 0 Å². The van der Waals surface area contributed by atoms with Gasteiger partial charge in [-0.25, -0.2) is 9.97 Å². The zero-order valence-electron chi connectivity index (χ0n) is 23.6. The van der Waals surface area contributed by atoms with E-state index in [1.54, 1.807) is 0 Å². The van der Waals surface area contributed by atoms with Gasteiger partial charge in [0, 0.05) is 50.5 Å². The highest BCUT2D eigenvalue weighted by Gasteiger charge is 2.40. The first-order valence-corrected chi connectivity index (χ1v) is 14.9. The fourth-order valence-corrected chi connectivity index (χ4v) is 6.76. The molecule has 0 unspecified atom stereocenters. The van der Waals surface area contributed by atoms with E-state index in [2.05, 4.69) is 79.6 Å². The summed E-state index contributed by atoms with van der Waals surface area (Å²) in [5, 5.41) is 0. The Labute approximate surface area is 229 Å². The molecular formula is C31H47N7. The van der Waals surface area contributed by atoms with E-state index in [9.17, 15) is 0 Å². The van der Waals surface area contributed by atoms with Crippen LogP contribution in [0.1, 0.15) is 69.6 Å². The van der Waals surface area contributed by atoms with Crippen molar-refractivity contribution in [3.63, 3.8) is 0 Å². The SMILES string of the molecule is CCC(CC)N1CCC2(CCN(CCCn3ccnc3CN(Cc3ccccc3)Cc3ncc[nH]3)C2)CC1. The van der Waals surface area contributed by atoms with E-state index < -0.39 is 0 Å². The van der Waals surface area contributed by atoms with Crippen molar-refractivity contribution >= 4 is 0 Å². The fourth-order valence-electron chi connectivity index (χ4n) is 6.76. The number of hydrogen-bond donors (Lipinski definition) is 1. The number of rotatable bonds is 13. The number of piperidine rings is 1. The number of H-pyrrole nitrogens is 1. The third-order valence-electron chi connectivity index (χ3n) is 9.05. The summed E-state index contributed by atoms with van der Waals surface area (Å²) in [7, 11) is 0. The van der Waals surface area contributed by atoms with Crippen LogP contribution in [0.2, 0.25) is 0 Å². The highest BCUT2D eigenvalue weighted by atomic mass is 15.2. The Bertz CT molecular complexity index is 1060. The van der Waals surface area contributed by atoms with Crippen molar-refractivity contribution in [1.82, 2.24) is 34.2 Å². The molecule has 1 aromatic carbocycles. The lowest BCUT2D eigenvalue weighted by Crippen LogP contribution is -2.45. The van der Waals surface area contributed by atoms with Crippen LogP contribution in [0.5, 0.6) is 0 Å². The van der Waals surface area contributed by atoms with E-state index in [1.165, 1.54) is 76.8 Å². The first-order chi connectivity index (χ1) is 18.7. The molecule has 0 aliphatic carbocycles. The Hall–Kier alpha value is -2.48. The van der Waals surface area contributed by atoms with Crippen LogP contribution in [0.25, 0.3) is 0 Å². The van der Waals surface area contributed by atoms with Crippen LogP contribution >= 0.6 is 0 Å². The second-order valence-corrected chi connectivity index (χ2v) is 11.6. The molecule has 5 rings (SSSR count). The minimum absolute atomic E-state index is 0.576. The predicted molar refractivity (Wildman–Crippen MR) is 153 cm³/mol. The van der Waals surface area contributed by atoms with E-state index in [0.717, 1.165) is 43.9 Å². The van der Waals surface area contributed by atoms with Gasteiger partial charge in [0.15, 0.2) is 0 Å². The molecule has 1 spiro atoms. The minimum atomic E-state index is 0.576. The van der Waals surface area contributed by atoms with E-state index in [4.69, 9.17) is 4.98 Å². The standard InChI is InChI=1S/C31H47N7/c1-3-28(4-2)37-20-12-31(13-21-37)11-19-35(26-31)17-8-18-38-22-16-34-30(38)25-36(24-29-32-14-15-33-29)23-27-9-6-5-7-10-27/h5-7,9-10,14-16,22,28H,3-4,8,11-13,17-21,23-26H2,1-2H3,(H,32,33). The number of hydrogen-bond acceptors (Lipinski definition) is 5. The summed E-state index contributed by atoms with van der Waals surface area (Å²) >= 11 is 0. The van der Waals surface area contributed by atoms with Crippen molar-refractivity contribution in [3.05, 3.63) is 72.3 Å². The van der Waals surface area contributed by atoms with Gasteiger partial charge in [0.2, 0.25) is 0 Å². The van der Waals surface area contributed by atoms with Crippen LogP contribution < -0.4 is 0 Å². The molecule has 2 fully saturated rings. The highest BCUT2D eigenvalue weighted by molar-refractivity contribution is 5.14. The molecule has 2 aliphatic heterocycles. The first kappa shape index (κ1) is 27.1. The van der Waals surface area contributed by atoms with Crippen LogP contribution in [-0.4, -0.2) is 73.0 Å². The molecular weight excluding hydrogens is 470 g/mol. The lowest BCUT2D eigenvalue weighted by atomic mass is 9.77. The summed E-state index contributed by atoms with van der Waals surface area (Å²) in [5.74, 6) is 2.13. The first-order valence-electron chi connectivity index (χ1n) is 14.9. The van der Waals surface area contributed by atoms with E-state index in [0.29, 0.717) is 5.41 Å². The summed E-state index contributed by atoms with van der Waals surface area (Å²) < 4.78 is 2.36. The van der Waals surface area contributed by atoms with Gasteiger partial charge < -0.3 is 19.4 Å². The predicted octanol–water partition coefficient (Wildman–Crippen LogP) is 5.18. The zero-order valence-corrected chi connectivity index (χ0v) is 23.6. The molecule has 4 heterocycles. The maximum absolute atomic E-state index is 4.75. The highest BCUT2D eigenvalue weighted by Crippen LogP contribution is 2.41. The van der Waals surface area contributed by atoms with Gasteiger partial charge in [-0.1, -0.05) is 44.2 Å². The second-order valence-electron chi connectivity index (χ2n) is 11.6. The summed E-state index contributed by atoms with van der Waals surface area (Å²) in [6.45, 7) is 14.6. The number of imidazole rings is 2. The normalized spacial score (nSPS) is 18.3. The van der Waals surface area contributed by atoms with Crippen LogP contribution in [0, 0.1) is 5.41 Å². The quantitative estimate of drug-likeness (QED) is 0.339. The summed E-state index contributed by atoms with van der Waals surface area (Å²) in [6.07, 6.45) is 15.8. The fraction of sp³-hybridized carbons (Fsp3) is 0.613. The lowest BCUT2D eigenvalue weighted by Gasteiger charge is -2.42. The number of benzene rings is 1. The Morgan fingerprint density at radius 3 is 2.45 bits per heavy atom. The van der Waals surface area contributed by atoms with E-state index in [-0.39, 0.29) is 0 Å². The second kappa shape index (κ2) is 13.0. The van der Waals surface area contributed by atoms with Gasteiger partial charge in [0.25, 0.3) is 0 Å². The molecule has 0 amide bonds. The number of aromatic nitrogens is 4. The molecule has 206 valence electrons. The van der Waals surface area contributed by atoms with Crippen molar-refractivity contribution in [2.24, 2.45) is 5.41 Å². The van der Waals surface area contributed by atoms with Crippen LogP contribution in [0.15, 0.2) is 55.1 Å². The minimum Gasteiger partial charge on any atom is -0.348 e. The molecule has 0 saturated carbocycles. The molecule has 7 heteroatoms. The smallest absolute Gasteiger partial charge is 0.122 e. The molecule has 0 atom stereocenters. The Morgan fingerprint density at radius 1 is 0.921 bits per heavy atom. The molecule has 1 N–H and O–H groups in total. The van der Waals surface area contributed by atoms with Crippen molar-refractivity contribution < 1.29 is 0 Å². The van der Waals surface area contributed by atoms with Gasteiger partial charge in [0.05, 0.1) is 13.1 Å². The molecule has 38 heavy (non-hydrogen) atoms. The Balaban J connectivity index is 1.11. The topological polar surface area (TPSA) is 56.2 Å². The average molecular weight is 518 g/mol. The van der Waals surface area contributed by atoms with Gasteiger partial charge in [-0.05, 0) is 75.7 Å². The number of aromatic amines is 1. The molecule has 2 aliphatic rings. The van der Waals surface area contributed by atoms with Crippen LogP contribution in [-0.2, 0) is 26.2 Å². The molecule has 7 nitrogen and oxygen atoms in total. The monoisotopic (exact) mass is 517 g/mol. The van der Waals surface area contributed by atoms with Crippen molar-refractivity contribution in [3.8, 4) is 0 Å². The van der Waals surface area contributed by atoms with Gasteiger partial charge in [-0.15, -0.1) is 0 Å². The average Bonchev–Trinajstić information content (AvgIpc) is 3.70. The summed E-state index contributed by atoms with van der Waals surface area (Å²) in [5.41, 5.74) is 1.89. The Morgan fingerprint density at radius 2 is 1.71 bits per heavy atom. The van der Waals surface area contributed by atoms with Gasteiger partial charge in [-0.3, -0.25) is 4.90 Å². The maximum Gasteiger partial charge on any atom is 0.122 e. The zero-order chi connectivity index (χ0) is 26.2. The van der Waals surface area contributed by atoms with Gasteiger partial charge in [0.1, 0.15) is 11.6 Å². The van der Waals surface area contributed by atoms with Crippen LogP contribution in [0.3, 0.4) is 0 Å². The largest absolute Gasteiger partial charge is 0.348 e. The number of likely N-dealkylation sites (tertiary alicyclic amines) is 2. The summed E-state index contributed by atoms with van der Waals surface area (Å²) in [4.78, 5) is 20.4. The third-order valence-corrected chi connectivity index (χ3v) is 9.05. The number of nitrogens with zero attached hydrogens (tertiary/aromatic N) is 6. The molecule has 0 bridgehead atoms. The van der Waals surface area contributed by atoms with E-state index >= 15 is 0 Å².